The second-order valence-corrected chi connectivity index (χ2v) is 7.29. The standard InChI is InChI=1S/C21H17ClF3N3O3/c1-30-13-7-11(8-14(10-13)31-2)18-15-5-6-26-19(15)20(29)28(27-18)17-9-12(22)3-4-16(17)21(23,24)25/h3-4,7-10,26H,5-6H2,1-2H3. The van der Waals surface area contributed by atoms with Gasteiger partial charge in [-0.15, -0.1) is 0 Å². The number of benzene rings is 2. The van der Waals surface area contributed by atoms with E-state index in [1.54, 1.807) is 18.2 Å². The molecule has 10 heteroatoms. The Morgan fingerprint density at radius 1 is 1.10 bits per heavy atom. The van der Waals surface area contributed by atoms with Gasteiger partial charge in [-0.25, -0.2) is 0 Å². The van der Waals surface area contributed by atoms with Crippen molar-refractivity contribution in [2.45, 2.75) is 12.6 Å². The Morgan fingerprint density at radius 2 is 1.77 bits per heavy atom. The van der Waals surface area contributed by atoms with Gasteiger partial charge >= 0.3 is 6.18 Å². The minimum atomic E-state index is -4.70. The quantitative estimate of drug-likeness (QED) is 0.630. The highest BCUT2D eigenvalue weighted by Crippen LogP contribution is 2.37. The van der Waals surface area contributed by atoms with Crippen molar-refractivity contribution in [2.24, 2.45) is 0 Å². The van der Waals surface area contributed by atoms with Gasteiger partial charge in [0.2, 0.25) is 0 Å². The summed E-state index contributed by atoms with van der Waals surface area (Å²) in [5, 5.41) is 7.36. The van der Waals surface area contributed by atoms with Gasteiger partial charge in [0.05, 0.1) is 31.2 Å². The molecule has 0 bridgehead atoms. The number of alkyl halides is 3. The minimum Gasteiger partial charge on any atom is -0.497 e. The van der Waals surface area contributed by atoms with Crippen molar-refractivity contribution in [1.82, 2.24) is 9.78 Å². The summed E-state index contributed by atoms with van der Waals surface area (Å²) in [7, 11) is 2.97. The lowest BCUT2D eigenvalue weighted by atomic mass is 10.0. The molecular formula is C21H17ClF3N3O3. The van der Waals surface area contributed by atoms with Gasteiger partial charge in [-0.1, -0.05) is 11.6 Å². The number of nitrogens with zero attached hydrogens (tertiary/aromatic N) is 2. The Morgan fingerprint density at radius 3 is 2.39 bits per heavy atom. The molecule has 2 heterocycles. The third kappa shape index (κ3) is 3.81. The first kappa shape index (κ1) is 21.0. The molecule has 0 aliphatic carbocycles. The highest BCUT2D eigenvalue weighted by molar-refractivity contribution is 6.30. The summed E-state index contributed by atoms with van der Waals surface area (Å²) in [6, 6.07) is 8.06. The number of hydrogen-bond acceptors (Lipinski definition) is 5. The molecule has 0 unspecified atom stereocenters. The molecule has 0 saturated carbocycles. The van der Waals surface area contributed by atoms with Crippen molar-refractivity contribution < 1.29 is 22.6 Å². The molecule has 0 amide bonds. The van der Waals surface area contributed by atoms with Crippen LogP contribution in [0.4, 0.5) is 18.9 Å². The fourth-order valence-electron chi connectivity index (χ4n) is 3.56. The monoisotopic (exact) mass is 451 g/mol. The van der Waals surface area contributed by atoms with Crippen molar-refractivity contribution in [3.63, 3.8) is 0 Å². The molecule has 1 N–H and O–H groups in total. The number of hydrogen-bond donors (Lipinski definition) is 1. The van der Waals surface area contributed by atoms with E-state index in [4.69, 9.17) is 21.1 Å². The Bertz CT molecular complexity index is 1200. The van der Waals surface area contributed by atoms with Crippen LogP contribution in [0, 0.1) is 0 Å². The van der Waals surface area contributed by atoms with Crippen LogP contribution in [0.25, 0.3) is 16.9 Å². The van der Waals surface area contributed by atoms with Crippen molar-refractivity contribution in [3.8, 4) is 28.4 Å². The molecule has 0 radical (unpaired) electrons. The Balaban J connectivity index is 2.03. The maximum absolute atomic E-state index is 13.7. The smallest absolute Gasteiger partial charge is 0.418 e. The highest BCUT2D eigenvalue weighted by Gasteiger charge is 2.35. The van der Waals surface area contributed by atoms with E-state index in [1.807, 2.05) is 0 Å². The van der Waals surface area contributed by atoms with Crippen LogP contribution in [0.1, 0.15) is 11.1 Å². The van der Waals surface area contributed by atoms with Gasteiger partial charge in [-0.3, -0.25) is 4.79 Å². The van der Waals surface area contributed by atoms with Crippen LogP contribution >= 0.6 is 11.6 Å². The number of ether oxygens (including phenoxy) is 2. The number of methoxy groups -OCH3 is 2. The summed E-state index contributed by atoms with van der Waals surface area (Å²) in [6.45, 7) is 0.464. The van der Waals surface area contributed by atoms with Crippen LogP contribution in [0.15, 0.2) is 41.2 Å². The first-order valence-electron chi connectivity index (χ1n) is 9.23. The number of fused-ring (bicyclic) bond motifs is 1. The van der Waals surface area contributed by atoms with Crippen molar-refractivity contribution >= 4 is 17.3 Å². The van der Waals surface area contributed by atoms with Crippen LogP contribution in [0.3, 0.4) is 0 Å². The topological polar surface area (TPSA) is 65.4 Å². The van der Waals surface area contributed by atoms with Crippen molar-refractivity contribution in [3.05, 3.63) is 62.9 Å². The number of rotatable bonds is 4. The molecule has 1 aromatic heterocycles. The molecule has 1 aliphatic rings. The molecule has 6 nitrogen and oxygen atoms in total. The van der Waals surface area contributed by atoms with Gasteiger partial charge in [-0.05, 0) is 36.8 Å². The largest absolute Gasteiger partial charge is 0.497 e. The summed E-state index contributed by atoms with van der Waals surface area (Å²) >= 11 is 5.96. The molecule has 0 fully saturated rings. The molecule has 0 atom stereocenters. The zero-order valence-corrected chi connectivity index (χ0v) is 17.3. The second-order valence-electron chi connectivity index (χ2n) is 6.86. The fraction of sp³-hybridized carbons (Fsp3) is 0.238. The van der Waals surface area contributed by atoms with E-state index in [2.05, 4.69) is 10.4 Å². The van der Waals surface area contributed by atoms with E-state index in [0.717, 1.165) is 22.9 Å². The van der Waals surface area contributed by atoms with Crippen LogP contribution in [-0.4, -0.2) is 30.5 Å². The van der Waals surface area contributed by atoms with E-state index in [1.165, 1.54) is 14.2 Å². The molecule has 1 aliphatic heterocycles. The van der Waals surface area contributed by atoms with Crippen LogP contribution < -0.4 is 20.3 Å². The molecule has 0 saturated heterocycles. The number of aromatic nitrogens is 2. The molecule has 162 valence electrons. The minimum absolute atomic E-state index is 0.0507. The number of nitrogens with one attached hydrogen (secondary N) is 1. The molecule has 2 aromatic carbocycles. The van der Waals surface area contributed by atoms with Gasteiger partial charge in [0.1, 0.15) is 17.2 Å². The maximum atomic E-state index is 13.7. The van der Waals surface area contributed by atoms with E-state index in [9.17, 15) is 18.0 Å². The zero-order valence-electron chi connectivity index (χ0n) is 16.5. The summed E-state index contributed by atoms with van der Waals surface area (Å²) in [5.74, 6) is 0.958. The van der Waals surface area contributed by atoms with E-state index in [0.29, 0.717) is 41.3 Å². The van der Waals surface area contributed by atoms with E-state index >= 15 is 0 Å². The van der Waals surface area contributed by atoms with Crippen LogP contribution in [0.2, 0.25) is 5.02 Å². The van der Waals surface area contributed by atoms with Crippen molar-refractivity contribution in [2.75, 3.05) is 26.1 Å². The Kier molecular flexibility index (Phi) is 5.30. The maximum Gasteiger partial charge on any atom is 0.418 e. The first-order valence-corrected chi connectivity index (χ1v) is 9.61. The molecule has 4 rings (SSSR count). The molecule has 0 spiro atoms. The molecule has 3 aromatic rings. The highest BCUT2D eigenvalue weighted by atomic mass is 35.5. The fourth-order valence-corrected chi connectivity index (χ4v) is 3.72. The van der Waals surface area contributed by atoms with Crippen molar-refractivity contribution in [1.29, 1.82) is 0 Å². The Hall–Kier alpha value is -3.20. The first-order chi connectivity index (χ1) is 14.7. The lowest BCUT2D eigenvalue weighted by Crippen LogP contribution is -2.26. The molecular weight excluding hydrogens is 435 g/mol. The third-order valence-corrected chi connectivity index (χ3v) is 5.22. The van der Waals surface area contributed by atoms with E-state index < -0.39 is 23.0 Å². The summed E-state index contributed by atoms with van der Waals surface area (Å²) in [5.41, 5.74) is -0.424. The SMILES string of the molecule is COc1cc(OC)cc(-c2nn(-c3cc(Cl)ccc3C(F)(F)F)c(=O)c3c2CCN3)c1. The number of anilines is 1. The third-order valence-electron chi connectivity index (χ3n) is 4.99. The van der Waals surface area contributed by atoms with Gasteiger partial charge < -0.3 is 14.8 Å². The summed E-state index contributed by atoms with van der Waals surface area (Å²) < 4.78 is 52.3. The lowest BCUT2D eigenvalue weighted by molar-refractivity contribution is -0.137. The predicted molar refractivity (Wildman–Crippen MR) is 111 cm³/mol. The average Bonchev–Trinajstić information content (AvgIpc) is 3.23. The van der Waals surface area contributed by atoms with Gasteiger partial charge in [0.15, 0.2) is 0 Å². The summed E-state index contributed by atoms with van der Waals surface area (Å²) in [6.07, 6.45) is -4.21. The van der Waals surface area contributed by atoms with E-state index in [-0.39, 0.29) is 10.7 Å². The number of halogens is 4. The normalized spacial score (nSPS) is 13.0. The van der Waals surface area contributed by atoms with Crippen LogP contribution in [0.5, 0.6) is 11.5 Å². The summed E-state index contributed by atoms with van der Waals surface area (Å²) in [4.78, 5) is 13.1. The Labute approximate surface area is 180 Å². The van der Waals surface area contributed by atoms with Crippen LogP contribution in [-0.2, 0) is 12.6 Å². The second kappa shape index (κ2) is 7.81. The average molecular weight is 452 g/mol. The van der Waals surface area contributed by atoms with Gasteiger partial charge in [-0.2, -0.15) is 23.0 Å². The molecule has 31 heavy (non-hydrogen) atoms. The van der Waals surface area contributed by atoms with Gasteiger partial charge in [0.25, 0.3) is 5.56 Å². The lowest BCUT2D eigenvalue weighted by Gasteiger charge is -2.17. The zero-order chi connectivity index (χ0) is 22.3. The van der Waals surface area contributed by atoms with Gasteiger partial charge in [0, 0.05) is 28.8 Å². The predicted octanol–water partition coefficient (Wildman–Crippen LogP) is 4.56.